The van der Waals surface area contributed by atoms with Gasteiger partial charge in [-0.1, -0.05) is 19.8 Å². The molecule has 1 aliphatic rings. The van der Waals surface area contributed by atoms with E-state index in [2.05, 4.69) is 22.2 Å². The van der Waals surface area contributed by atoms with Gasteiger partial charge < -0.3 is 20.0 Å². The number of nitrogens with zero attached hydrogens (tertiary/aromatic N) is 1. The molecule has 2 atom stereocenters. The zero-order chi connectivity index (χ0) is 22.0. The average Bonchev–Trinajstić information content (AvgIpc) is 3.12. The number of rotatable bonds is 7. The van der Waals surface area contributed by atoms with Crippen LogP contribution in [0, 0.1) is 10.7 Å². The second kappa shape index (κ2) is 9.26. The SMILES string of the molecule is COc1ccc2[nH]c3c(=O)n(CCCCC(=O)N[C@@H]4CCCC[C@H]4C)c(=S)[nH]c3c2c1. The molecule has 1 aromatic carbocycles. The number of nitrogens with one attached hydrogen (secondary N) is 3. The molecule has 2 aromatic heterocycles. The molecule has 0 bridgehead atoms. The van der Waals surface area contributed by atoms with Crippen LogP contribution in [0.15, 0.2) is 23.0 Å². The van der Waals surface area contributed by atoms with Crippen molar-refractivity contribution in [2.24, 2.45) is 5.92 Å². The molecule has 1 saturated carbocycles. The summed E-state index contributed by atoms with van der Waals surface area (Å²) in [5.41, 5.74) is 1.90. The molecule has 0 spiro atoms. The minimum Gasteiger partial charge on any atom is -0.497 e. The highest BCUT2D eigenvalue weighted by atomic mass is 32.1. The Balaban J connectivity index is 1.41. The van der Waals surface area contributed by atoms with Gasteiger partial charge in [-0.2, -0.15) is 0 Å². The second-order valence-electron chi connectivity index (χ2n) is 8.57. The second-order valence-corrected chi connectivity index (χ2v) is 8.95. The number of hydrogen-bond donors (Lipinski definition) is 3. The van der Waals surface area contributed by atoms with Crippen LogP contribution in [0.4, 0.5) is 0 Å². The van der Waals surface area contributed by atoms with Gasteiger partial charge in [-0.05, 0) is 62.0 Å². The number of fused-ring (bicyclic) bond motifs is 3. The third kappa shape index (κ3) is 4.54. The summed E-state index contributed by atoms with van der Waals surface area (Å²) in [6, 6.07) is 5.93. The Morgan fingerprint density at radius 2 is 2.03 bits per heavy atom. The lowest BCUT2D eigenvalue weighted by Crippen LogP contribution is -2.40. The van der Waals surface area contributed by atoms with E-state index in [-0.39, 0.29) is 11.5 Å². The lowest BCUT2D eigenvalue weighted by Gasteiger charge is -2.29. The van der Waals surface area contributed by atoms with Gasteiger partial charge in [0.05, 0.1) is 12.6 Å². The monoisotopic (exact) mass is 442 g/mol. The van der Waals surface area contributed by atoms with Crippen molar-refractivity contribution in [3.8, 4) is 5.75 Å². The molecule has 1 aliphatic carbocycles. The first-order chi connectivity index (χ1) is 15.0. The van der Waals surface area contributed by atoms with Crippen LogP contribution < -0.4 is 15.6 Å². The standard InChI is InChI=1S/C23H30N4O3S/c1-14-7-3-4-8-17(14)24-19(28)9-5-6-12-27-22(29)21-20(26-23(27)31)16-13-15(30-2)10-11-18(16)25-21/h10-11,13-14,17,25H,3-9,12H2,1-2H3,(H,24,28)(H,26,31)/t14-,17-/m1/s1. The first kappa shape index (κ1) is 21.6. The number of aromatic amines is 2. The molecule has 4 rings (SSSR count). The number of H-pyrrole nitrogens is 2. The largest absolute Gasteiger partial charge is 0.497 e. The van der Waals surface area contributed by atoms with E-state index >= 15 is 0 Å². The number of benzene rings is 1. The number of carbonyl (C=O) groups excluding carboxylic acids is 1. The van der Waals surface area contributed by atoms with Crippen molar-refractivity contribution in [3.05, 3.63) is 33.3 Å². The molecule has 2 heterocycles. The highest BCUT2D eigenvalue weighted by Gasteiger charge is 2.22. The summed E-state index contributed by atoms with van der Waals surface area (Å²) in [4.78, 5) is 31.7. The van der Waals surface area contributed by atoms with Gasteiger partial charge in [-0.3, -0.25) is 14.2 Å². The number of carbonyl (C=O) groups is 1. The molecule has 0 unspecified atom stereocenters. The van der Waals surface area contributed by atoms with Gasteiger partial charge >= 0.3 is 0 Å². The maximum atomic E-state index is 13.0. The Morgan fingerprint density at radius 3 is 2.81 bits per heavy atom. The van der Waals surface area contributed by atoms with Crippen LogP contribution in [0.2, 0.25) is 0 Å². The van der Waals surface area contributed by atoms with E-state index in [1.54, 1.807) is 11.7 Å². The summed E-state index contributed by atoms with van der Waals surface area (Å²) in [6.07, 6.45) is 6.63. The van der Waals surface area contributed by atoms with E-state index in [4.69, 9.17) is 17.0 Å². The highest BCUT2D eigenvalue weighted by Crippen LogP contribution is 2.26. The van der Waals surface area contributed by atoms with Crippen molar-refractivity contribution >= 4 is 40.1 Å². The molecule has 3 N–H and O–H groups in total. The topological polar surface area (TPSA) is 91.9 Å². The molecule has 1 fully saturated rings. The summed E-state index contributed by atoms with van der Waals surface area (Å²) in [6.45, 7) is 2.70. The molecule has 0 aliphatic heterocycles. The highest BCUT2D eigenvalue weighted by molar-refractivity contribution is 7.71. The molecule has 0 radical (unpaired) electrons. The van der Waals surface area contributed by atoms with Gasteiger partial charge in [0.25, 0.3) is 5.56 Å². The fraction of sp³-hybridized carbons (Fsp3) is 0.522. The van der Waals surface area contributed by atoms with Gasteiger partial charge in [-0.15, -0.1) is 0 Å². The van der Waals surface area contributed by atoms with Gasteiger partial charge in [-0.25, -0.2) is 0 Å². The van der Waals surface area contributed by atoms with Gasteiger partial charge in [0.2, 0.25) is 5.91 Å². The summed E-state index contributed by atoms with van der Waals surface area (Å²) in [5, 5.41) is 4.06. The van der Waals surface area contributed by atoms with Gasteiger partial charge in [0, 0.05) is 29.9 Å². The normalized spacial score (nSPS) is 19.0. The van der Waals surface area contributed by atoms with E-state index < -0.39 is 0 Å². The van der Waals surface area contributed by atoms with Crippen LogP contribution in [-0.4, -0.2) is 33.6 Å². The lowest BCUT2D eigenvalue weighted by atomic mass is 9.86. The summed E-state index contributed by atoms with van der Waals surface area (Å²) in [7, 11) is 1.61. The number of ether oxygens (including phenoxy) is 1. The minimum atomic E-state index is -0.144. The lowest BCUT2D eigenvalue weighted by molar-refractivity contribution is -0.122. The predicted octanol–water partition coefficient (Wildman–Crippen LogP) is 4.41. The zero-order valence-corrected chi connectivity index (χ0v) is 18.9. The Labute approximate surface area is 186 Å². The summed E-state index contributed by atoms with van der Waals surface area (Å²) < 4.78 is 7.26. The van der Waals surface area contributed by atoms with Crippen molar-refractivity contribution in [1.29, 1.82) is 0 Å². The third-order valence-electron chi connectivity index (χ3n) is 6.44. The third-order valence-corrected chi connectivity index (χ3v) is 6.76. The molecular weight excluding hydrogens is 412 g/mol. The maximum Gasteiger partial charge on any atom is 0.278 e. The number of unbranched alkanes of at least 4 members (excludes halogenated alkanes) is 1. The molecular formula is C23H30N4O3S. The van der Waals surface area contributed by atoms with E-state index in [9.17, 15) is 9.59 Å². The molecule has 3 aromatic rings. The van der Waals surface area contributed by atoms with Crippen molar-refractivity contribution in [2.45, 2.75) is 64.5 Å². The Morgan fingerprint density at radius 1 is 1.23 bits per heavy atom. The van der Waals surface area contributed by atoms with E-state index in [1.807, 2.05) is 18.2 Å². The van der Waals surface area contributed by atoms with Crippen LogP contribution >= 0.6 is 12.2 Å². The zero-order valence-electron chi connectivity index (χ0n) is 18.1. The van der Waals surface area contributed by atoms with Crippen LogP contribution in [0.3, 0.4) is 0 Å². The molecule has 0 saturated heterocycles. The van der Waals surface area contributed by atoms with Crippen molar-refractivity contribution in [2.75, 3.05) is 7.11 Å². The summed E-state index contributed by atoms with van der Waals surface area (Å²) >= 11 is 5.46. The van der Waals surface area contributed by atoms with E-state index in [0.29, 0.717) is 47.2 Å². The Hall–Kier alpha value is -2.61. The quantitative estimate of drug-likeness (QED) is 0.373. The predicted molar refractivity (Wildman–Crippen MR) is 125 cm³/mol. The van der Waals surface area contributed by atoms with Crippen LogP contribution in [0.25, 0.3) is 21.9 Å². The fourth-order valence-corrected chi connectivity index (χ4v) is 4.83. The van der Waals surface area contributed by atoms with Crippen LogP contribution in [0.5, 0.6) is 5.75 Å². The van der Waals surface area contributed by atoms with Crippen LogP contribution in [-0.2, 0) is 11.3 Å². The van der Waals surface area contributed by atoms with Crippen molar-refractivity contribution in [1.82, 2.24) is 19.9 Å². The molecule has 7 nitrogen and oxygen atoms in total. The van der Waals surface area contributed by atoms with E-state index in [0.717, 1.165) is 29.5 Å². The first-order valence-corrected chi connectivity index (χ1v) is 11.5. The average molecular weight is 443 g/mol. The number of methoxy groups -OCH3 is 1. The molecule has 8 heteroatoms. The number of hydrogen-bond acceptors (Lipinski definition) is 4. The number of aromatic nitrogens is 3. The molecule has 1 amide bonds. The Bertz CT molecular complexity index is 1210. The van der Waals surface area contributed by atoms with Crippen LogP contribution in [0.1, 0.15) is 51.9 Å². The smallest absolute Gasteiger partial charge is 0.278 e. The fourth-order valence-electron chi connectivity index (χ4n) is 4.56. The van der Waals surface area contributed by atoms with E-state index in [1.165, 1.54) is 19.3 Å². The Kier molecular flexibility index (Phi) is 6.46. The van der Waals surface area contributed by atoms with Crippen molar-refractivity contribution in [3.63, 3.8) is 0 Å². The minimum absolute atomic E-state index is 0.108. The maximum absolute atomic E-state index is 13.0. The molecule has 166 valence electrons. The van der Waals surface area contributed by atoms with Crippen molar-refractivity contribution < 1.29 is 9.53 Å². The summed E-state index contributed by atoms with van der Waals surface area (Å²) in [5.74, 6) is 1.38. The van der Waals surface area contributed by atoms with Gasteiger partial charge in [0.15, 0.2) is 4.77 Å². The van der Waals surface area contributed by atoms with Gasteiger partial charge in [0.1, 0.15) is 11.3 Å². The number of amides is 1. The molecule has 31 heavy (non-hydrogen) atoms. The first-order valence-electron chi connectivity index (χ1n) is 11.1.